The SMILES string of the molecule is COC(=O)c1c(NC(=O)CN2C(=O)CCC2=O)sc2c1CCC2. The fraction of sp³-hybridized carbons (Fsp3) is 0.467. The highest BCUT2D eigenvalue weighted by atomic mass is 32.1. The number of likely N-dealkylation sites (tertiary alicyclic amines) is 1. The summed E-state index contributed by atoms with van der Waals surface area (Å²) in [6.45, 7) is -0.319. The van der Waals surface area contributed by atoms with E-state index < -0.39 is 11.9 Å². The van der Waals surface area contributed by atoms with E-state index in [2.05, 4.69) is 5.32 Å². The van der Waals surface area contributed by atoms with E-state index in [9.17, 15) is 19.2 Å². The van der Waals surface area contributed by atoms with Crippen molar-refractivity contribution in [2.75, 3.05) is 19.0 Å². The van der Waals surface area contributed by atoms with E-state index in [1.165, 1.54) is 18.4 Å². The van der Waals surface area contributed by atoms with Gasteiger partial charge in [0, 0.05) is 17.7 Å². The van der Waals surface area contributed by atoms with E-state index in [4.69, 9.17) is 4.74 Å². The molecule has 1 aromatic heterocycles. The number of thiophene rings is 1. The molecule has 1 aliphatic heterocycles. The smallest absolute Gasteiger partial charge is 0.341 e. The lowest BCUT2D eigenvalue weighted by Gasteiger charge is -2.13. The van der Waals surface area contributed by atoms with Gasteiger partial charge in [0.1, 0.15) is 11.5 Å². The number of methoxy groups -OCH3 is 1. The number of amides is 3. The first kappa shape index (κ1) is 15.7. The summed E-state index contributed by atoms with van der Waals surface area (Å²) in [5.41, 5.74) is 1.34. The number of aryl methyl sites for hydroxylation is 1. The number of esters is 1. The first-order valence-electron chi connectivity index (χ1n) is 7.37. The zero-order valence-electron chi connectivity index (χ0n) is 12.6. The minimum atomic E-state index is -0.487. The Morgan fingerprint density at radius 2 is 1.87 bits per heavy atom. The van der Waals surface area contributed by atoms with Crippen molar-refractivity contribution in [1.82, 2.24) is 4.90 Å². The molecular weight excluding hydrogens is 320 g/mol. The molecule has 1 aliphatic carbocycles. The maximum Gasteiger partial charge on any atom is 0.341 e. The van der Waals surface area contributed by atoms with Crippen LogP contribution in [0, 0.1) is 0 Å². The number of nitrogens with one attached hydrogen (secondary N) is 1. The molecule has 23 heavy (non-hydrogen) atoms. The van der Waals surface area contributed by atoms with Gasteiger partial charge in [0.05, 0.1) is 12.7 Å². The van der Waals surface area contributed by atoms with Crippen LogP contribution in [0.2, 0.25) is 0 Å². The fourth-order valence-electron chi connectivity index (χ4n) is 2.92. The van der Waals surface area contributed by atoms with Gasteiger partial charge in [-0.1, -0.05) is 0 Å². The summed E-state index contributed by atoms with van der Waals surface area (Å²) < 4.78 is 4.81. The van der Waals surface area contributed by atoms with Gasteiger partial charge in [-0.3, -0.25) is 19.3 Å². The molecule has 122 valence electrons. The lowest BCUT2D eigenvalue weighted by Crippen LogP contribution is -2.37. The summed E-state index contributed by atoms with van der Waals surface area (Å²) in [5.74, 6) is -1.65. The Labute approximate surface area is 136 Å². The van der Waals surface area contributed by atoms with Gasteiger partial charge in [-0.2, -0.15) is 0 Å². The normalized spacial score (nSPS) is 16.7. The third kappa shape index (κ3) is 2.86. The molecule has 3 rings (SSSR count). The van der Waals surface area contributed by atoms with Crippen molar-refractivity contribution in [3.8, 4) is 0 Å². The standard InChI is InChI=1S/C15H16N2O5S/c1-22-15(21)13-8-3-2-4-9(8)23-14(13)16-10(18)7-17-11(19)5-6-12(17)20/h2-7H2,1H3,(H,16,18). The molecule has 7 nitrogen and oxygen atoms in total. The zero-order chi connectivity index (χ0) is 16.6. The van der Waals surface area contributed by atoms with Gasteiger partial charge in [-0.25, -0.2) is 4.79 Å². The third-order valence-corrected chi connectivity index (χ3v) is 5.23. The Morgan fingerprint density at radius 1 is 1.17 bits per heavy atom. The van der Waals surface area contributed by atoms with E-state index in [0.717, 1.165) is 34.6 Å². The second-order valence-corrected chi connectivity index (χ2v) is 6.58. The summed E-state index contributed by atoms with van der Waals surface area (Å²) in [7, 11) is 1.30. The number of nitrogens with zero attached hydrogens (tertiary/aromatic N) is 1. The number of rotatable bonds is 4. The molecule has 2 heterocycles. The number of imide groups is 1. The number of ether oxygens (including phenoxy) is 1. The quantitative estimate of drug-likeness (QED) is 0.657. The molecule has 0 radical (unpaired) electrons. The summed E-state index contributed by atoms with van der Waals surface area (Å²) in [6.07, 6.45) is 2.94. The molecule has 0 bridgehead atoms. The molecular formula is C15H16N2O5S. The first-order chi connectivity index (χ1) is 11.0. The van der Waals surface area contributed by atoms with E-state index in [1.54, 1.807) is 0 Å². The van der Waals surface area contributed by atoms with Crippen molar-refractivity contribution in [1.29, 1.82) is 0 Å². The molecule has 8 heteroatoms. The van der Waals surface area contributed by atoms with Gasteiger partial charge in [0.2, 0.25) is 17.7 Å². The molecule has 1 saturated heterocycles. The van der Waals surface area contributed by atoms with Gasteiger partial charge in [0.25, 0.3) is 0 Å². The Balaban J connectivity index is 1.77. The molecule has 1 fully saturated rings. The van der Waals surface area contributed by atoms with Crippen LogP contribution in [-0.2, 0) is 32.0 Å². The van der Waals surface area contributed by atoms with Crippen molar-refractivity contribution in [2.24, 2.45) is 0 Å². The minimum Gasteiger partial charge on any atom is -0.465 e. The highest BCUT2D eigenvalue weighted by Gasteiger charge is 2.32. The molecule has 1 N–H and O–H groups in total. The van der Waals surface area contributed by atoms with E-state index in [-0.39, 0.29) is 31.2 Å². The largest absolute Gasteiger partial charge is 0.465 e. The monoisotopic (exact) mass is 336 g/mol. The van der Waals surface area contributed by atoms with Crippen LogP contribution in [0.4, 0.5) is 5.00 Å². The molecule has 0 spiro atoms. The van der Waals surface area contributed by atoms with Crippen molar-refractivity contribution in [2.45, 2.75) is 32.1 Å². The predicted molar refractivity (Wildman–Crippen MR) is 82.3 cm³/mol. The van der Waals surface area contributed by atoms with Gasteiger partial charge in [-0.05, 0) is 24.8 Å². The lowest BCUT2D eigenvalue weighted by molar-refractivity contribution is -0.141. The average molecular weight is 336 g/mol. The average Bonchev–Trinajstić information content (AvgIpc) is 3.17. The van der Waals surface area contributed by atoms with Crippen molar-refractivity contribution in [3.63, 3.8) is 0 Å². The number of carbonyl (C=O) groups excluding carboxylic acids is 4. The predicted octanol–water partition coefficient (Wildman–Crippen LogP) is 1.11. The van der Waals surface area contributed by atoms with Gasteiger partial charge < -0.3 is 10.1 Å². The molecule has 0 aromatic carbocycles. The Hall–Kier alpha value is -2.22. The van der Waals surface area contributed by atoms with Crippen LogP contribution < -0.4 is 5.32 Å². The van der Waals surface area contributed by atoms with Crippen molar-refractivity contribution < 1.29 is 23.9 Å². The summed E-state index contributed by atoms with van der Waals surface area (Å²) in [6, 6.07) is 0. The molecule has 0 unspecified atom stereocenters. The highest BCUT2D eigenvalue weighted by molar-refractivity contribution is 7.17. The molecule has 2 aliphatic rings. The molecule has 0 atom stereocenters. The number of hydrogen-bond donors (Lipinski definition) is 1. The Kier molecular flexibility index (Phi) is 4.16. The highest BCUT2D eigenvalue weighted by Crippen LogP contribution is 2.39. The maximum absolute atomic E-state index is 12.1. The Morgan fingerprint density at radius 3 is 2.52 bits per heavy atom. The van der Waals surface area contributed by atoms with E-state index in [0.29, 0.717) is 10.6 Å². The van der Waals surface area contributed by atoms with Crippen LogP contribution in [0.5, 0.6) is 0 Å². The van der Waals surface area contributed by atoms with E-state index in [1.807, 2.05) is 0 Å². The second kappa shape index (κ2) is 6.11. The van der Waals surface area contributed by atoms with E-state index >= 15 is 0 Å². The summed E-state index contributed by atoms with van der Waals surface area (Å²) in [5, 5.41) is 3.09. The third-order valence-electron chi connectivity index (χ3n) is 4.02. The lowest BCUT2D eigenvalue weighted by atomic mass is 10.1. The van der Waals surface area contributed by atoms with Crippen LogP contribution in [0.15, 0.2) is 0 Å². The topological polar surface area (TPSA) is 92.8 Å². The number of carbonyl (C=O) groups is 4. The van der Waals surface area contributed by atoms with Crippen molar-refractivity contribution >= 4 is 40.0 Å². The van der Waals surface area contributed by atoms with Crippen molar-refractivity contribution in [3.05, 3.63) is 16.0 Å². The van der Waals surface area contributed by atoms with Gasteiger partial charge in [0.15, 0.2) is 0 Å². The molecule has 3 amide bonds. The molecule has 0 saturated carbocycles. The van der Waals surface area contributed by atoms with Crippen LogP contribution in [0.1, 0.15) is 40.1 Å². The number of fused-ring (bicyclic) bond motifs is 1. The zero-order valence-corrected chi connectivity index (χ0v) is 13.5. The van der Waals surface area contributed by atoms with Crippen LogP contribution in [-0.4, -0.2) is 42.2 Å². The fourth-order valence-corrected chi connectivity index (χ4v) is 4.21. The van der Waals surface area contributed by atoms with Crippen LogP contribution in [0.3, 0.4) is 0 Å². The number of anilines is 1. The van der Waals surface area contributed by atoms with Gasteiger partial charge in [-0.15, -0.1) is 11.3 Å². The summed E-state index contributed by atoms with van der Waals surface area (Å²) in [4.78, 5) is 49.3. The van der Waals surface area contributed by atoms with Crippen LogP contribution >= 0.6 is 11.3 Å². The summed E-state index contributed by atoms with van der Waals surface area (Å²) >= 11 is 1.36. The molecule has 1 aromatic rings. The Bertz CT molecular complexity index is 693. The first-order valence-corrected chi connectivity index (χ1v) is 8.18. The minimum absolute atomic E-state index is 0.146. The maximum atomic E-state index is 12.1. The van der Waals surface area contributed by atoms with Crippen LogP contribution in [0.25, 0.3) is 0 Å². The second-order valence-electron chi connectivity index (χ2n) is 5.47. The van der Waals surface area contributed by atoms with Gasteiger partial charge >= 0.3 is 5.97 Å². The number of hydrogen-bond acceptors (Lipinski definition) is 6.